The van der Waals surface area contributed by atoms with E-state index in [2.05, 4.69) is 4.90 Å². The maximum atomic E-state index is 13.7. The molecule has 2 aromatic carbocycles. The van der Waals surface area contributed by atoms with E-state index >= 15 is 0 Å². The van der Waals surface area contributed by atoms with E-state index < -0.39 is 5.82 Å². The highest BCUT2D eigenvalue weighted by Crippen LogP contribution is 2.19. The van der Waals surface area contributed by atoms with Crippen molar-refractivity contribution >= 4 is 23.5 Å². The van der Waals surface area contributed by atoms with Gasteiger partial charge in [-0.25, -0.2) is 4.39 Å². The van der Waals surface area contributed by atoms with Gasteiger partial charge in [0, 0.05) is 43.5 Å². The van der Waals surface area contributed by atoms with Gasteiger partial charge < -0.3 is 14.5 Å². The van der Waals surface area contributed by atoms with Gasteiger partial charge in [0.2, 0.25) is 5.91 Å². The van der Waals surface area contributed by atoms with Gasteiger partial charge >= 0.3 is 0 Å². The van der Waals surface area contributed by atoms with Crippen LogP contribution in [-0.2, 0) is 4.79 Å². The Morgan fingerprint density at radius 1 is 1.04 bits per heavy atom. The fourth-order valence-electron chi connectivity index (χ4n) is 3.15. The van der Waals surface area contributed by atoms with Crippen LogP contribution >= 0.6 is 0 Å². The Balaban J connectivity index is 1.56. The van der Waals surface area contributed by atoms with E-state index in [1.807, 2.05) is 24.3 Å². The van der Waals surface area contributed by atoms with Crippen LogP contribution < -0.4 is 9.64 Å². The summed E-state index contributed by atoms with van der Waals surface area (Å²) in [5.74, 6) is -0.328. The zero-order valence-corrected chi connectivity index (χ0v) is 16.0. The van der Waals surface area contributed by atoms with Crippen molar-refractivity contribution in [1.82, 2.24) is 4.90 Å². The van der Waals surface area contributed by atoms with Crippen molar-refractivity contribution in [3.8, 4) is 5.75 Å². The highest BCUT2D eigenvalue weighted by molar-refractivity contribution is 5.94. The Labute approximate surface area is 164 Å². The maximum absolute atomic E-state index is 13.7. The van der Waals surface area contributed by atoms with Crippen molar-refractivity contribution in [3.63, 3.8) is 0 Å². The molecule has 0 aliphatic carbocycles. The van der Waals surface area contributed by atoms with Gasteiger partial charge in [-0.3, -0.25) is 9.59 Å². The number of nitrogens with zero attached hydrogens (tertiary/aromatic N) is 2. The van der Waals surface area contributed by atoms with Gasteiger partial charge in [0.1, 0.15) is 0 Å². The van der Waals surface area contributed by atoms with Crippen LogP contribution in [0.4, 0.5) is 10.1 Å². The molecule has 5 nitrogen and oxygen atoms in total. The molecule has 1 aliphatic rings. The van der Waals surface area contributed by atoms with Crippen LogP contribution in [0.5, 0.6) is 5.75 Å². The van der Waals surface area contributed by atoms with E-state index in [0.29, 0.717) is 24.2 Å². The molecule has 6 heteroatoms. The average Bonchev–Trinajstić information content (AvgIpc) is 2.72. The number of halogens is 1. The molecular weight excluding hydrogens is 359 g/mol. The first-order valence-electron chi connectivity index (χ1n) is 9.14. The SMILES string of the molecule is COc1ccc(/C=C/C(=O)N2CCN(c3ccc(C(C)=O)cc3)CC2)cc1F. The van der Waals surface area contributed by atoms with Crippen molar-refractivity contribution in [3.05, 3.63) is 65.5 Å². The number of amides is 1. The number of benzene rings is 2. The summed E-state index contributed by atoms with van der Waals surface area (Å²) in [5.41, 5.74) is 2.34. The van der Waals surface area contributed by atoms with Gasteiger partial charge in [-0.05, 0) is 55.0 Å². The third-order valence-corrected chi connectivity index (χ3v) is 4.82. The summed E-state index contributed by atoms with van der Waals surface area (Å²) in [5, 5.41) is 0. The lowest BCUT2D eigenvalue weighted by Gasteiger charge is -2.35. The van der Waals surface area contributed by atoms with Crippen molar-refractivity contribution in [2.45, 2.75) is 6.92 Å². The third-order valence-electron chi connectivity index (χ3n) is 4.82. The Morgan fingerprint density at radius 2 is 1.71 bits per heavy atom. The highest BCUT2D eigenvalue weighted by atomic mass is 19.1. The lowest BCUT2D eigenvalue weighted by Crippen LogP contribution is -2.48. The molecule has 0 atom stereocenters. The van der Waals surface area contributed by atoms with Gasteiger partial charge in [-0.15, -0.1) is 0 Å². The molecule has 28 heavy (non-hydrogen) atoms. The second-order valence-electron chi connectivity index (χ2n) is 6.64. The first-order chi connectivity index (χ1) is 13.5. The number of ether oxygens (including phenoxy) is 1. The zero-order chi connectivity index (χ0) is 20.1. The van der Waals surface area contributed by atoms with E-state index in [1.165, 1.54) is 25.3 Å². The predicted molar refractivity (Wildman–Crippen MR) is 107 cm³/mol. The second kappa shape index (κ2) is 8.69. The van der Waals surface area contributed by atoms with Crippen molar-refractivity contribution < 1.29 is 18.7 Å². The van der Waals surface area contributed by atoms with E-state index in [4.69, 9.17) is 4.74 Å². The maximum Gasteiger partial charge on any atom is 0.246 e. The third kappa shape index (κ3) is 4.57. The minimum Gasteiger partial charge on any atom is -0.494 e. The molecule has 0 aromatic heterocycles. The number of carbonyl (C=O) groups is 2. The standard InChI is InChI=1S/C22H23FN2O3/c1-16(26)18-5-7-19(8-6-18)24-11-13-25(14-12-24)22(27)10-4-17-3-9-21(28-2)20(23)15-17/h3-10,15H,11-14H2,1-2H3/b10-4+. The molecular formula is C22H23FN2O3. The Kier molecular flexibility index (Phi) is 6.09. The summed E-state index contributed by atoms with van der Waals surface area (Å²) in [7, 11) is 1.41. The van der Waals surface area contributed by atoms with Gasteiger partial charge in [-0.1, -0.05) is 6.07 Å². The molecule has 0 radical (unpaired) electrons. The molecule has 0 bridgehead atoms. The molecule has 1 amide bonds. The number of methoxy groups -OCH3 is 1. The van der Waals surface area contributed by atoms with Crippen LogP contribution in [0.15, 0.2) is 48.5 Å². The summed E-state index contributed by atoms with van der Waals surface area (Å²) in [6.07, 6.45) is 3.08. The molecule has 146 valence electrons. The Bertz CT molecular complexity index is 885. The summed E-state index contributed by atoms with van der Waals surface area (Å²) in [4.78, 5) is 27.7. The fraction of sp³-hybridized carbons (Fsp3) is 0.273. The second-order valence-corrected chi connectivity index (χ2v) is 6.64. The Hall–Kier alpha value is -3.15. The monoisotopic (exact) mass is 382 g/mol. The number of hydrogen-bond acceptors (Lipinski definition) is 4. The van der Waals surface area contributed by atoms with Crippen molar-refractivity contribution in [2.75, 3.05) is 38.2 Å². The normalized spacial score (nSPS) is 14.4. The van der Waals surface area contributed by atoms with E-state index in [1.54, 1.807) is 24.0 Å². The van der Waals surface area contributed by atoms with Crippen molar-refractivity contribution in [1.29, 1.82) is 0 Å². The van der Waals surface area contributed by atoms with Gasteiger partial charge in [0.05, 0.1) is 7.11 Å². The quantitative estimate of drug-likeness (QED) is 0.588. The first-order valence-corrected chi connectivity index (χ1v) is 9.14. The van der Waals surface area contributed by atoms with Gasteiger partial charge in [0.25, 0.3) is 0 Å². The molecule has 2 aromatic rings. The number of carbonyl (C=O) groups excluding carboxylic acids is 2. The summed E-state index contributed by atoms with van der Waals surface area (Å²) in [6, 6.07) is 12.1. The number of anilines is 1. The van der Waals surface area contributed by atoms with E-state index in [-0.39, 0.29) is 17.4 Å². The van der Waals surface area contributed by atoms with Gasteiger partial charge in [-0.2, -0.15) is 0 Å². The minimum atomic E-state index is -0.457. The number of Topliss-reactive ketones (excluding diaryl/α,β-unsaturated/α-hetero) is 1. The molecule has 1 aliphatic heterocycles. The molecule has 1 fully saturated rings. The number of rotatable bonds is 5. The lowest BCUT2D eigenvalue weighted by atomic mass is 10.1. The van der Waals surface area contributed by atoms with Crippen LogP contribution in [0.25, 0.3) is 6.08 Å². The molecule has 0 saturated carbocycles. The number of ketones is 1. The van der Waals surface area contributed by atoms with Crippen molar-refractivity contribution in [2.24, 2.45) is 0 Å². The van der Waals surface area contributed by atoms with Crippen LogP contribution in [0.1, 0.15) is 22.8 Å². The van der Waals surface area contributed by atoms with E-state index in [9.17, 15) is 14.0 Å². The molecule has 0 N–H and O–H groups in total. The van der Waals surface area contributed by atoms with E-state index in [0.717, 1.165) is 18.8 Å². The summed E-state index contributed by atoms with van der Waals surface area (Å²) >= 11 is 0. The van der Waals surface area contributed by atoms with Gasteiger partial charge in [0.15, 0.2) is 17.3 Å². The lowest BCUT2D eigenvalue weighted by molar-refractivity contribution is -0.126. The molecule has 0 unspecified atom stereocenters. The predicted octanol–water partition coefficient (Wildman–Crippen LogP) is 3.40. The summed E-state index contributed by atoms with van der Waals surface area (Å²) < 4.78 is 18.6. The smallest absolute Gasteiger partial charge is 0.246 e. The first kappa shape index (κ1) is 19.6. The van der Waals surface area contributed by atoms with Crippen LogP contribution in [-0.4, -0.2) is 49.9 Å². The highest BCUT2D eigenvalue weighted by Gasteiger charge is 2.20. The fourth-order valence-corrected chi connectivity index (χ4v) is 3.15. The zero-order valence-electron chi connectivity index (χ0n) is 16.0. The molecule has 0 spiro atoms. The summed E-state index contributed by atoms with van der Waals surface area (Å²) in [6.45, 7) is 4.20. The Morgan fingerprint density at radius 3 is 2.29 bits per heavy atom. The number of piperazine rings is 1. The largest absolute Gasteiger partial charge is 0.494 e. The van der Waals surface area contributed by atoms with Crippen LogP contribution in [0, 0.1) is 5.82 Å². The topological polar surface area (TPSA) is 49.9 Å². The molecule has 1 saturated heterocycles. The van der Waals surface area contributed by atoms with Crippen LogP contribution in [0.3, 0.4) is 0 Å². The number of hydrogen-bond donors (Lipinski definition) is 0. The molecule has 1 heterocycles. The minimum absolute atomic E-state index is 0.0468. The molecule has 3 rings (SSSR count). The average molecular weight is 382 g/mol. The van der Waals surface area contributed by atoms with Crippen LogP contribution in [0.2, 0.25) is 0 Å².